The Morgan fingerprint density at radius 3 is 2.47 bits per heavy atom. The minimum Gasteiger partial charge on any atom is -0.294 e. The lowest BCUT2D eigenvalue weighted by molar-refractivity contribution is 0.0897. The van der Waals surface area contributed by atoms with Crippen molar-refractivity contribution in [1.82, 2.24) is 0 Å². The van der Waals surface area contributed by atoms with E-state index in [1.165, 1.54) is 18.4 Å². The Bertz CT molecular complexity index is 377. The van der Waals surface area contributed by atoms with Crippen molar-refractivity contribution in [2.45, 2.75) is 46.0 Å². The molecule has 0 amide bonds. The third-order valence-electron chi connectivity index (χ3n) is 3.98. The van der Waals surface area contributed by atoms with E-state index in [0.29, 0.717) is 11.7 Å². The van der Waals surface area contributed by atoms with Crippen LogP contribution < -0.4 is 0 Å². The van der Waals surface area contributed by atoms with E-state index >= 15 is 0 Å². The average molecular weight is 230 g/mol. The summed E-state index contributed by atoms with van der Waals surface area (Å²) in [6.45, 7) is 4.39. The highest BCUT2D eigenvalue weighted by Gasteiger charge is 2.30. The van der Waals surface area contributed by atoms with Gasteiger partial charge in [0.2, 0.25) is 0 Å². The van der Waals surface area contributed by atoms with Crippen molar-refractivity contribution in [1.29, 1.82) is 0 Å². The van der Waals surface area contributed by atoms with E-state index in [1.54, 1.807) is 0 Å². The van der Waals surface area contributed by atoms with Gasteiger partial charge in [0.15, 0.2) is 5.78 Å². The maximum Gasteiger partial charge on any atom is 0.166 e. The minimum absolute atomic E-state index is 0.270. The van der Waals surface area contributed by atoms with Crippen LogP contribution in [0, 0.1) is 11.8 Å². The lowest BCUT2D eigenvalue weighted by Crippen LogP contribution is -2.17. The van der Waals surface area contributed by atoms with Gasteiger partial charge in [-0.05, 0) is 30.7 Å². The van der Waals surface area contributed by atoms with Gasteiger partial charge in [0.1, 0.15) is 0 Å². The third-order valence-corrected chi connectivity index (χ3v) is 3.98. The highest BCUT2D eigenvalue weighted by molar-refractivity contribution is 5.98. The zero-order valence-corrected chi connectivity index (χ0v) is 10.9. The largest absolute Gasteiger partial charge is 0.294 e. The van der Waals surface area contributed by atoms with Crippen LogP contribution in [0.3, 0.4) is 0 Å². The second-order valence-corrected chi connectivity index (χ2v) is 5.33. The lowest BCUT2D eigenvalue weighted by Gasteiger charge is -2.14. The number of rotatable bonds is 4. The van der Waals surface area contributed by atoms with E-state index in [0.717, 1.165) is 24.8 Å². The molecule has 0 N–H and O–H groups in total. The van der Waals surface area contributed by atoms with Crippen LogP contribution in [0.15, 0.2) is 24.3 Å². The predicted molar refractivity (Wildman–Crippen MR) is 71.3 cm³/mol. The van der Waals surface area contributed by atoms with E-state index in [2.05, 4.69) is 26.0 Å². The molecule has 0 aliphatic heterocycles. The van der Waals surface area contributed by atoms with Crippen molar-refractivity contribution in [3.63, 3.8) is 0 Å². The zero-order valence-electron chi connectivity index (χ0n) is 10.9. The van der Waals surface area contributed by atoms with Gasteiger partial charge < -0.3 is 0 Å². The lowest BCUT2D eigenvalue weighted by atomic mass is 9.89. The summed E-state index contributed by atoms with van der Waals surface area (Å²) < 4.78 is 0. The summed E-state index contributed by atoms with van der Waals surface area (Å²) >= 11 is 0. The van der Waals surface area contributed by atoms with Gasteiger partial charge in [0.05, 0.1) is 0 Å². The van der Waals surface area contributed by atoms with Crippen LogP contribution in [0.1, 0.15) is 55.5 Å². The van der Waals surface area contributed by atoms with Gasteiger partial charge in [0.25, 0.3) is 0 Å². The monoisotopic (exact) mass is 230 g/mol. The molecule has 0 bridgehead atoms. The maximum atomic E-state index is 12.3. The Balaban J connectivity index is 2.08. The molecule has 0 saturated heterocycles. The topological polar surface area (TPSA) is 17.1 Å². The Labute approximate surface area is 104 Å². The van der Waals surface area contributed by atoms with Gasteiger partial charge in [0, 0.05) is 11.5 Å². The molecule has 1 saturated carbocycles. The molecular formula is C16H22O. The first-order valence-corrected chi connectivity index (χ1v) is 6.85. The molecule has 1 aliphatic rings. The van der Waals surface area contributed by atoms with E-state index in [-0.39, 0.29) is 5.92 Å². The first-order valence-electron chi connectivity index (χ1n) is 6.85. The second kappa shape index (κ2) is 5.48. The van der Waals surface area contributed by atoms with Crippen LogP contribution in [0.5, 0.6) is 0 Å². The van der Waals surface area contributed by atoms with Gasteiger partial charge in [-0.3, -0.25) is 4.79 Å². The van der Waals surface area contributed by atoms with E-state index in [9.17, 15) is 4.79 Å². The summed E-state index contributed by atoms with van der Waals surface area (Å²) in [6.07, 6.45) is 5.77. The molecule has 1 aliphatic carbocycles. The van der Waals surface area contributed by atoms with E-state index < -0.39 is 0 Å². The molecule has 2 rings (SSSR count). The fourth-order valence-corrected chi connectivity index (χ4v) is 2.87. The molecule has 2 unspecified atom stereocenters. The molecule has 0 aromatic heterocycles. The summed E-state index contributed by atoms with van der Waals surface area (Å²) in [4.78, 5) is 12.3. The number of ketones is 1. The number of Topliss-reactive ketones (excluding diaryl/α,β-unsaturated/α-hetero) is 1. The maximum absolute atomic E-state index is 12.3. The number of hydrogen-bond acceptors (Lipinski definition) is 1. The highest BCUT2D eigenvalue weighted by Crippen LogP contribution is 2.33. The third kappa shape index (κ3) is 2.77. The fourth-order valence-electron chi connectivity index (χ4n) is 2.87. The molecule has 0 spiro atoms. The normalized spacial score (nSPS) is 23.9. The van der Waals surface area contributed by atoms with Crippen molar-refractivity contribution in [2.75, 3.05) is 0 Å². The van der Waals surface area contributed by atoms with Crippen molar-refractivity contribution in [3.05, 3.63) is 35.4 Å². The highest BCUT2D eigenvalue weighted by atomic mass is 16.1. The molecule has 0 radical (unpaired) electrons. The number of aryl methyl sites for hydroxylation is 1. The van der Waals surface area contributed by atoms with Gasteiger partial charge in [-0.25, -0.2) is 0 Å². The molecule has 0 heterocycles. The predicted octanol–water partition coefficient (Wildman–Crippen LogP) is 4.26. The van der Waals surface area contributed by atoms with Crippen LogP contribution in [-0.4, -0.2) is 5.78 Å². The summed E-state index contributed by atoms with van der Waals surface area (Å²) in [5.74, 6) is 1.20. The molecular weight excluding hydrogens is 208 g/mol. The van der Waals surface area contributed by atoms with Crippen molar-refractivity contribution >= 4 is 5.78 Å². The first-order chi connectivity index (χ1) is 8.22. The number of carbonyl (C=O) groups excluding carboxylic acids is 1. The number of benzene rings is 1. The zero-order chi connectivity index (χ0) is 12.3. The Morgan fingerprint density at radius 1 is 1.24 bits per heavy atom. The Kier molecular flexibility index (Phi) is 3.98. The number of carbonyl (C=O) groups is 1. The van der Waals surface area contributed by atoms with Crippen molar-refractivity contribution in [3.8, 4) is 0 Å². The quantitative estimate of drug-likeness (QED) is 0.706. The van der Waals surface area contributed by atoms with E-state index in [4.69, 9.17) is 0 Å². The molecule has 17 heavy (non-hydrogen) atoms. The van der Waals surface area contributed by atoms with Gasteiger partial charge >= 0.3 is 0 Å². The van der Waals surface area contributed by atoms with Crippen molar-refractivity contribution < 1.29 is 4.79 Å². The molecule has 1 heteroatoms. The second-order valence-electron chi connectivity index (χ2n) is 5.33. The van der Waals surface area contributed by atoms with Crippen LogP contribution >= 0.6 is 0 Å². The Morgan fingerprint density at radius 2 is 1.94 bits per heavy atom. The summed E-state index contributed by atoms with van der Waals surface area (Å²) in [5.41, 5.74) is 2.24. The Hall–Kier alpha value is -1.11. The molecule has 1 nitrogen and oxygen atoms in total. The standard InChI is InChI=1S/C16H22O/c1-3-5-13-8-10-14(11-9-13)16(17)15-7-4-6-12(15)2/h8-12,15H,3-7H2,1-2H3. The molecule has 1 fully saturated rings. The van der Waals surface area contributed by atoms with Gasteiger partial charge in [-0.1, -0.05) is 51.0 Å². The van der Waals surface area contributed by atoms with Crippen LogP contribution in [0.2, 0.25) is 0 Å². The molecule has 92 valence electrons. The number of hydrogen-bond donors (Lipinski definition) is 0. The minimum atomic E-state index is 0.270. The molecule has 2 atom stereocenters. The van der Waals surface area contributed by atoms with Gasteiger partial charge in [-0.2, -0.15) is 0 Å². The van der Waals surface area contributed by atoms with Crippen LogP contribution in [0.25, 0.3) is 0 Å². The summed E-state index contributed by atoms with van der Waals surface area (Å²) in [6, 6.07) is 8.24. The summed E-state index contributed by atoms with van der Waals surface area (Å²) in [7, 11) is 0. The summed E-state index contributed by atoms with van der Waals surface area (Å²) in [5, 5.41) is 0. The van der Waals surface area contributed by atoms with Crippen LogP contribution in [-0.2, 0) is 6.42 Å². The average Bonchev–Trinajstić information content (AvgIpc) is 2.76. The molecule has 1 aromatic carbocycles. The molecule has 1 aromatic rings. The van der Waals surface area contributed by atoms with Crippen molar-refractivity contribution in [2.24, 2.45) is 11.8 Å². The van der Waals surface area contributed by atoms with E-state index in [1.807, 2.05) is 12.1 Å². The SMILES string of the molecule is CCCc1ccc(C(=O)C2CCCC2C)cc1. The smallest absolute Gasteiger partial charge is 0.166 e. The van der Waals surface area contributed by atoms with Gasteiger partial charge in [-0.15, -0.1) is 0 Å². The first kappa shape index (κ1) is 12.3. The fraction of sp³-hybridized carbons (Fsp3) is 0.562. The van der Waals surface area contributed by atoms with Crippen LogP contribution in [0.4, 0.5) is 0 Å².